The molecule has 0 spiro atoms. The standard InChI is InChI=1S/C26H27NO/c1-5-26(4)22-14-18-9-7-8-10-21(18)25(22)27(6-2)23-15-19-13-17(16(3)28)11-12-20(19)24(23)26/h7-14,25H,5-6,15H2,1-4H3. The molecule has 0 bridgehead atoms. The summed E-state index contributed by atoms with van der Waals surface area (Å²) in [4.78, 5) is 14.5. The largest absolute Gasteiger partial charge is 0.364 e. The molecule has 1 heterocycles. The second kappa shape index (κ2) is 5.94. The normalized spacial score (nSPS) is 24.5. The minimum atomic E-state index is 0.0215. The summed E-state index contributed by atoms with van der Waals surface area (Å²) in [6.45, 7) is 9.65. The number of carbonyl (C=O) groups excluding carboxylic acids is 1. The monoisotopic (exact) mass is 369 g/mol. The van der Waals surface area contributed by atoms with Crippen LogP contribution < -0.4 is 0 Å². The first-order valence-corrected chi connectivity index (χ1v) is 10.4. The minimum Gasteiger partial charge on any atom is -0.364 e. The molecule has 2 aromatic carbocycles. The van der Waals surface area contributed by atoms with Crippen molar-refractivity contribution in [2.45, 2.75) is 46.6 Å². The predicted molar refractivity (Wildman–Crippen MR) is 115 cm³/mol. The first-order valence-electron chi connectivity index (χ1n) is 10.4. The van der Waals surface area contributed by atoms with E-state index in [0.717, 1.165) is 24.9 Å². The van der Waals surface area contributed by atoms with E-state index in [1.54, 1.807) is 6.92 Å². The maximum atomic E-state index is 11.9. The molecule has 0 saturated heterocycles. The number of hydrogen-bond acceptors (Lipinski definition) is 2. The summed E-state index contributed by atoms with van der Waals surface area (Å²) in [7, 11) is 0. The molecule has 0 saturated carbocycles. The molecule has 2 heteroatoms. The second-order valence-corrected chi connectivity index (χ2v) is 8.53. The number of nitrogens with zero attached hydrogens (tertiary/aromatic N) is 1. The average Bonchev–Trinajstić information content (AvgIpc) is 3.28. The van der Waals surface area contributed by atoms with Gasteiger partial charge in [-0.15, -0.1) is 0 Å². The Hall–Kier alpha value is -2.61. The van der Waals surface area contributed by atoms with E-state index >= 15 is 0 Å². The van der Waals surface area contributed by atoms with Crippen LogP contribution in [-0.4, -0.2) is 17.2 Å². The molecule has 2 aromatic rings. The quantitative estimate of drug-likeness (QED) is 0.614. The number of Topliss-reactive ketones (excluding diaryl/α,β-unsaturated/α-hetero) is 1. The van der Waals surface area contributed by atoms with Gasteiger partial charge in [-0.25, -0.2) is 0 Å². The van der Waals surface area contributed by atoms with Crippen LogP contribution in [0.15, 0.2) is 53.7 Å². The van der Waals surface area contributed by atoms with E-state index in [9.17, 15) is 4.79 Å². The Bertz CT molecular complexity index is 1070. The molecule has 0 amide bonds. The third-order valence-corrected chi connectivity index (χ3v) is 7.22. The summed E-state index contributed by atoms with van der Waals surface area (Å²) >= 11 is 0. The molecule has 142 valence electrons. The van der Waals surface area contributed by atoms with Crippen molar-refractivity contribution in [3.63, 3.8) is 0 Å². The summed E-state index contributed by atoms with van der Waals surface area (Å²) in [6.07, 6.45) is 4.45. The minimum absolute atomic E-state index is 0.0215. The second-order valence-electron chi connectivity index (χ2n) is 8.53. The van der Waals surface area contributed by atoms with Gasteiger partial charge >= 0.3 is 0 Å². The van der Waals surface area contributed by atoms with Gasteiger partial charge in [-0.3, -0.25) is 4.79 Å². The summed E-state index contributed by atoms with van der Waals surface area (Å²) < 4.78 is 0. The number of carbonyl (C=O) groups is 1. The summed E-state index contributed by atoms with van der Waals surface area (Å²) in [6, 6.07) is 15.5. The van der Waals surface area contributed by atoms with Gasteiger partial charge in [-0.1, -0.05) is 56.3 Å². The molecular weight excluding hydrogens is 342 g/mol. The Balaban J connectivity index is 1.74. The SMILES string of the molecule is CCN1C2=C(c3ccc(C(C)=O)cc3C2)C(C)(CC)C2=Cc3ccccc3C21. The number of hydrogen-bond donors (Lipinski definition) is 0. The highest BCUT2D eigenvalue weighted by Crippen LogP contribution is 2.62. The molecule has 28 heavy (non-hydrogen) atoms. The molecule has 3 aliphatic rings. The lowest BCUT2D eigenvalue weighted by atomic mass is 9.66. The lowest BCUT2D eigenvalue weighted by Gasteiger charge is -2.48. The van der Waals surface area contributed by atoms with Crippen molar-refractivity contribution in [2.24, 2.45) is 5.41 Å². The Kier molecular flexibility index (Phi) is 3.71. The average molecular weight is 370 g/mol. The van der Waals surface area contributed by atoms with Gasteiger partial charge in [-0.2, -0.15) is 0 Å². The van der Waals surface area contributed by atoms with E-state index in [4.69, 9.17) is 0 Å². The van der Waals surface area contributed by atoms with Crippen molar-refractivity contribution in [3.05, 3.63) is 81.6 Å². The zero-order valence-electron chi connectivity index (χ0n) is 17.2. The number of fused-ring (bicyclic) bond motifs is 5. The van der Waals surface area contributed by atoms with E-state index < -0.39 is 0 Å². The molecule has 2 atom stereocenters. The van der Waals surface area contributed by atoms with Gasteiger partial charge in [0.15, 0.2) is 5.78 Å². The molecule has 2 aliphatic carbocycles. The maximum Gasteiger partial charge on any atom is 0.159 e. The van der Waals surface area contributed by atoms with Gasteiger partial charge in [0.25, 0.3) is 0 Å². The zero-order valence-corrected chi connectivity index (χ0v) is 17.2. The van der Waals surface area contributed by atoms with Crippen LogP contribution in [0, 0.1) is 5.41 Å². The maximum absolute atomic E-state index is 11.9. The molecule has 0 radical (unpaired) electrons. The van der Waals surface area contributed by atoms with Gasteiger partial charge in [0.2, 0.25) is 0 Å². The predicted octanol–water partition coefficient (Wildman–Crippen LogP) is 6.05. The van der Waals surface area contributed by atoms with Gasteiger partial charge in [0, 0.05) is 29.6 Å². The van der Waals surface area contributed by atoms with Crippen molar-refractivity contribution >= 4 is 17.4 Å². The Labute approximate surface area is 167 Å². The van der Waals surface area contributed by atoms with Crippen molar-refractivity contribution in [3.8, 4) is 0 Å². The highest BCUT2D eigenvalue weighted by atomic mass is 16.1. The molecule has 1 aliphatic heterocycles. The van der Waals surface area contributed by atoms with E-state index in [0.29, 0.717) is 6.04 Å². The van der Waals surface area contributed by atoms with Crippen LogP contribution in [0.5, 0.6) is 0 Å². The summed E-state index contributed by atoms with van der Waals surface area (Å²) in [5.41, 5.74) is 10.8. The first-order chi connectivity index (χ1) is 13.5. The van der Waals surface area contributed by atoms with Crippen LogP contribution in [-0.2, 0) is 6.42 Å². The van der Waals surface area contributed by atoms with E-state index in [-0.39, 0.29) is 11.2 Å². The Morgan fingerprint density at radius 2 is 1.96 bits per heavy atom. The van der Waals surface area contributed by atoms with E-state index in [1.165, 1.54) is 39.1 Å². The highest BCUT2D eigenvalue weighted by molar-refractivity contribution is 5.96. The molecular formula is C26H27NO. The molecule has 0 N–H and O–H groups in total. The topological polar surface area (TPSA) is 20.3 Å². The van der Waals surface area contributed by atoms with Crippen LogP contribution in [0.25, 0.3) is 11.6 Å². The van der Waals surface area contributed by atoms with Crippen LogP contribution in [0.4, 0.5) is 0 Å². The van der Waals surface area contributed by atoms with E-state index in [1.807, 2.05) is 6.07 Å². The molecule has 5 rings (SSSR count). The van der Waals surface area contributed by atoms with Gasteiger partial charge in [0.1, 0.15) is 0 Å². The van der Waals surface area contributed by atoms with Crippen molar-refractivity contribution < 1.29 is 4.79 Å². The third kappa shape index (κ3) is 2.12. The Morgan fingerprint density at radius 3 is 2.68 bits per heavy atom. The zero-order chi connectivity index (χ0) is 19.6. The fourth-order valence-electron chi connectivity index (χ4n) is 5.64. The van der Waals surface area contributed by atoms with Crippen molar-refractivity contribution in [1.82, 2.24) is 4.90 Å². The lowest BCUT2D eigenvalue weighted by molar-refractivity contribution is 0.101. The fraction of sp³-hybridized carbons (Fsp3) is 0.346. The van der Waals surface area contributed by atoms with Crippen LogP contribution >= 0.6 is 0 Å². The number of rotatable bonds is 3. The number of ketones is 1. The lowest BCUT2D eigenvalue weighted by Crippen LogP contribution is -2.39. The first kappa shape index (κ1) is 17.5. The van der Waals surface area contributed by atoms with Gasteiger partial charge < -0.3 is 4.90 Å². The third-order valence-electron chi connectivity index (χ3n) is 7.22. The molecule has 2 nitrogen and oxygen atoms in total. The van der Waals surface area contributed by atoms with Crippen LogP contribution in [0.2, 0.25) is 0 Å². The Morgan fingerprint density at radius 1 is 1.18 bits per heavy atom. The highest BCUT2D eigenvalue weighted by Gasteiger charge is 2.50. The van der Waals surface area contributed by atoms with Crippen LogP contribution in [0.1, 0.15) is 72.8 Å². The number of likely N-dealkylation sites (N-methyl/N-ethyl adjacent to an activating group) is 1. The summed E-state index contributed by atoms with van der Waals surface area (Å²) in [5, 5.41) is 0. The van der Waals surface area contributed by atoms with Crippen LogP contribution in [0.3, 0.4) is 0 Å². The molecule has 0 fully saturated rings. The summed E-state index contributed by atoms with van der Waals surface area (Å²) in [5.74, 6) is 0.145. The molecule has 0 aromatic heterocycles. The van der Waals surface area contributed by atoms with Crippen molar-refractivity contribution in [1.29, 1.82) is 0 Å². The van der Waals surface area contributed by atoms with Crippen molar-refractivity contribution in [2.75, 3.05) is 6.54 Å². The fourth-order valence-corrected chi connectivity index (χ4v) is 5.64. The smallest absolute Gasteiger partial charge is 0.159 e. The number of benzene rings is 2. The van der Waals surface area contributed by atoms with Gasteiger partial charge in [0.05, 0.1) is 6.04 Å². The number of allylic oxidation sites excluding steroid dienone is 2. The molecule has 2 unspecified atom stereocenters. The van der Waals surface area contributed by atoms with Gasteiger partial charge in [-0.05, 0) is 59.7 Å². The van der Waals surface area contributed by atoms with E-state index in [2.05, 4.69) is 68.1 Å².